The molecule has 3 nitrogen and oxygen atoms in total. The lowest BCUT2D eigenvalue weighted by Gasteiger charge is -2.08. The minimum absolute atomic E-state index is 0.156. The molecule has 0 aliphatic heterocycles. The third-order valence-electron chi connectivity index (χ3n) is 2.85. The third kappa shape index (κ3) is 2.14. The van der Waals surface area contributed by atoms with E-state index in [0.29, 0.717) is 5.82 Å². The molecule has 0 spiro atoms. The average Bonchev–Trinajstić information content (AvgIpc) is 2.82. The number of nitrogens with one attached hydrogen (secondary N) is 1. The first-order valence-corrected chi connectivity index (χ1v) is 6.26. The van der Waals surface area contributed by atoms with Crippen LogP contribution >= 0.6 is 12.2 Å². The van der Waals surface area contributed by atoms with Crippen LogP contribution in [-0.2, 0) is 0 Å². The van der Waals surface area contributed by atoms with Crippen LogP contribution in [0.15, 0.2) is 48.5 Å². The summed E-state index contributed by atoms with van der Waals surface area (Å²) in [7, 11) is 0. The van der Waals surface area contributed by atoms with Gasteiger partial charge in [-0.1, -0.05) is 30.3 Å². The highest BCUT2D eigenvalue weighted by molar-refractivity contribution is 7.71. The van der Waals surface area contributed by atoms with E-state index >= 15 is 0 Å². The second-order valence-corrected chi connectivity index (χ2v) is 4.54. The Kier molecular flexibility index (Phi) is 3.15. The molecule has 6 heteroatoms. The van der Waals surface area contributed by atoms with Gasteiger partial charge in [-0.3, -0.25) is 9.67 Å². The highest BCUT2D eigenvalue weighted by Gasteiger charge is 2.14. The first kappa shape index (κ1) is 12.7. The van der Waals surface area contributed by atoms with E-state index in [9.17, 15) is 8.78 Å². The topological polar surface area (TPSA) is 33.6 Å². The molecule has 0 unspecified atom stereocenters. The van der Waals surface area contributed by atoms with Crippen LogP contribution < -0.4 is 0 Å². The predicted octanol–water partition coefficient (Wildman–Crippen LogP) is 3.88. The van der Waals surface area contributed by atoms with Crippen molar-refractivity contribution in [3.05, 3.63) is 64.9 Å². The summed E-state index contributed by atoms with van der Waals surface area (Å²) in [6, 6.07) is 12.6. The molecule has 0 amide bonds. The van der Waals surface area contributed by atoms with E-state index in [4.69, 9.17) is 12.2 Å². The van der Waals surface area contributed by atoms with E-state index in [1.165, 1.54) is 16.7 Å². The van der Waals surface area contributed by atoms with Crippen LogP contribution in [0.2, 0.25) is 0 Å². The zero-order valence-electron chi connectivity index (χ0n) is 10.2. The van der Waals surface area contributed by atoms with E-state index < -0.39 is 11.6 Å². The van der Waals surface area contributed by atoms with Crippen LogP contribution in [0.3, 0.4) is 0 Å². The molecule has 2 aromatic carbocycles. The number of hydrogen-bond donors (Lipinski definition) is 1. The van der Waals surface area contributed by atoms with E-state index in [1.807, 2.05) is 30.3 Å². The van der Waals surface area contributed by atoms with Gasteiger partial charge in [0.1, 0.15) is 11.6 Å². The minimum Gasteiger partial charge on any atom is -0.265 e. The van der Waals surface area contributed by atoms with Crippen LogP contribution in [-0.4, -0.2) is 14.8 Å². The minimum atomic E-state index is -0.695. The molecule has 20 heavy (non-hydrogen) atoms. The molecule has 0 aliphatic carbocycles. The molecule has 1 aromatic heterocycles. The Hall–Kier alpha value is -2.34. The molecule has 0 bridgehead atoms. The summed E-state index contributed by atoms with van der Waals surface area (Å²) in [5, 5.41) is 6.74. The van der Waals surface area contributed by atoms with Crippen LogP contribution in [0.1, 0.15) is 0 Å². The summed E-state index contributed by atoms with van der Waals surface area (Å²) < 4.78 is 28.6. The van der Waals surface area contributed by atoms with Crippen molar-refractivity contribution in [3.63, 3.8) is 0 Å². The van der Waals surface area contributed by atoms with Crippen molar-refractivity contribution in [2.75, 3.05) is 0 Å². The quantitative estimate of drug-likeness (QED) is 0.726. The highest BCUT2D eigenvalue weighted by Crippen LogP contribution is 2.23. The molecule has 0 radical (unpaired) electrons. The molecule has 0 saturated carbocycles. The van der Waals surface area contributed by atoms with E-state index in [2.05, 4.69) is 10.2 Å². The molecular formula is C14H9F2N3S. The van der Waals surface area contributed by atoms with Crippen molar-refractivity contribution in [2.24, 2.45) is 0 Å². The lowest BCUT2D eigenvalue weighted by Crippen LogP contribution is -2.01. The molecule has 1 heterocycles. The van der Waals surface area contributed by atoms with Crippen molar-refractivity contribution in [1.82, 2.24) is 14.8 Å². The van der Waals surface area contributed by atoms with Crippen molar-refractivity contribution in [2.45, 2.75) is 0 Å². The monoisotopic (exact) mass is 289 g/mol. The summed E-state index contributed by atoms with van der Waals surface area (Å²) in [5.41, 5.74) is 0.938. The lowest BCUT2D eigenvalue weighted by molar-refractivity contribution is 0.577. The van der Waals surface area contributed by atoms with Crippen LogP contribution in [0.4, 0.5) is 8.78 Å². The maximum absolute atomic E-state index is 13.9. The first-order chi connectivity index (χ1) is 9.66. The number of rotatable bonds is 2. The lowest BCUT2D eigenvalue weighted by atomic mass is 10.2. The Morgan fingerprint density at radius 2 is 1.80 bits per heavy atom. The normalized spacial score (nSPS) is 10.7. The van der Waals surface area contributed by atoms with Gasteiger partial charge < -0.3 is 0 Å². The summed E-state index contributed by atoms with van der Waals surface area (Å²) >= 11 is 5.13. The molecule has 3 rings (SSSR count). The Morgan fingerprint density at radius 1 is 1.05 bits per heavy atom. The maximum Gasteiger partial charge on any atom is 0.200 e. The number of nitrogens with zero attached hydrogens (tertiary/aromatic N) is 2. The molecule has 0 saturated heterocycles. The van der Waals surface area contributed by atoms with Gasteiger partial charge in [-0.15, -0.1) is 0 Å². The van der Waals surface area contributed by atoms with Gasteiger partial charge in [0.05, 0.1) is 5.69 Å². The Balaban J connectivity index is 2.25. The molecular weight excluding hydrogens is 280 g/mol. The Bertz CT molecular complexity index is 809. The number of benzene rings is 2. The van der Waals surface area contributed by atoms with Gasteiger partial charge in [0.2, 0.25) is 0 Å². The number of aromatic nitrogens is 3. The van der Waals surface area contributed by atoms with Gasteiger partial charge in [0.25, 0.3) is 0 Å². The SMILES string of the molecule is Fc1ccc(-n2c(-c3ccccc3)n[nH]c2=S)c(F)c1. The smallest absolute Gasteiger partial charge is 0.200 e. The second-order valence-electron chi connectivity index (χ2n) is 4.15. The average molecular weight is 289 g/mol. The van der Waals surface area contributed by atoms with E-state index in [-0.39, 0.29) is 10.5 Å². The van der Waals surface area contributed by atoms with Gasteiger partial charge in [0.15, 0.2) is 10.6 Å². The van der Waals surface area contributed by atoms with Crippen molar-refractivity contribution in [3.8, 4) is 17.1 Å². The van der Waals surface area contributed by atoms with E-state index in [1.54, 1.807) is 0 Å². The predicted molar refractivity (Wildman–Crippen MR) is 74.1 cm³/mol. The van der Waals surface area contributed by atoms with Crippen molar-refractivity contribution in [1.29, 1.82) is 0 Å². The number of H-pyrrole nitrogens is 1. The first-order valence-electron chi connectivity index (χ1n) is 5.85. The molecule has 100 valence electrons. The summed E-state index contributed by atoms with van der Waals surface area (Å²) in [6.45, 7) is 0. The number of halogens is 2. The van der Waals surface area contributed by atoms with Gasteiger partial charge in [-0.25, -0.2) is 8.78 Å². The Labute approximate surface area is 118 Å². The third-order valence-corrected chi connectivity index (χ3v) is 3.13. The molecule has 1 N–H and O–H groups in total. The van der Waals surface area contributed by atoms with Gasteiger partial charge in [0, 0.05) is 11.6 Å². The van der Waals surface area contributed by atoms with Gasteiger partial charge in [-0.05, 0) is 24.4 Å². The van der Waals surface area contributed by atoms with E-state index in [0.717, 1.165) is 11.6 Å². The fraction of sp³-hybridized carbons (Fsp3) is 0. The number of aromatic amines is 1. The Morgan fingerprint density at radius 3 is 2.50 bits per heavy atom. The summed E-state index contributed by atoms with van der Waals surface area (Å²) in [6.07, 6.45) is 0. The maximum atomic E-state index is 13.9. The zero-order chi connectivity index (χ0) is 14.1. The molecule has 0 atom stereocenters. The number of hydrogen-bond acceptors (Lipinski definition) is 2. The van der Waals surface area contributed by atoms with Crippen LogP contribution in [0.25, 0.3) is 17.1 Å². The van der Waals surface area contributed by atoms with Crippen molar-refractivity contribution >= 4 is 12.2 Å². The second kappa shape index (κ2) is 4.97. The standard InChI is InChI=1S/C14H9F2N3S/c15-10-6-7-12(11(16)8-10)19-13(17-18-14(19)20)9-4-2-1-3-5-9/h1-8H,(H,18,20). The fourth-order valence-electron chi connectivity index (χ4n) is 1.96. The van der Waals surface area contributed by atoms with Gasteiger partial charge >= 0.3 is 0 Å². The molecule has 3 aromatic rings. The van der Waals surface area contributed by atoms with Crippen molar-refractivity contribution < 1.29 is 8.78 Å². The zero-order valence-corrected chi connectivity index (χ0v) is 11.0. The summed E-state index contributed by atoms with van der Waals surface area (Å²) in [4.78, 5) is 0. The van der Waals surface area contributed by atoms with Crippen LogP contribution in [0, 0.1) is 16.4 Å². The van der Waals surface area contributed by atoms with Gasteiger partial charge in [-0.2, -0.15) is 5.10 Å². The van der Waals surface area contributed by atoms with Crippen LogP contribution in [0.5, 0.6) is 0 Å². The largest absolute Gasteiger partial charge is 0.265 e. The highest BCUT2D eigenvalue weighted by atomic mass is 32.1. The molecule has 0 fully saturated rings. The fourth-order valence-corrected chi connectivity index (χ4v) is 2.19. The summed E-state index contributed by atoms with van der Waals surface area (Å²) in [5.74, 6) is -0.858. The molecule has 0 aliphatic rings.